The van der Waals surface area contributed by atoms with Crippen LogP contribution in [0.2, 0.25) is 0 Å². The molecule has 23 atom stereocenters. The lowest BCUT2D eigenvalue weighted by Crippen LogP contribution is -2.56. The summed E-state index contributed by atoms with van der Waals surface area (Å²) in [5, 5.41) is 22.4. The molecule has 0 spiro atoms. The third kappa shape index (κ3) is 11.6. The van der Waals surface area contributed by atoms with Crippen molar-refractivity contribution in [2.45, 2.75) is 272 Å². The van der Waals surface area contributed by atoms with Crippen molar-refractivity contribution in [3.63, 3.8) is 0 Å². The summed E-state index contributed by atoms with van der Waals surface area (Å²) in [4.78, 5) is 47.7. The van der Waals surface area contributed by atoms with Gasteiger partial charge in [-0.2, -0.15) is 0 Å². The van der Waals surface area contributed by atoms with Crippen LogP contribution in [0.15, 0.2) is 58.4 Å². The molecule has 0 saturated heterocycles. The molecule has 0 aromatic rings. The first-order chi connectivity index (χ1) is 47.6. The van der Waals surface area contributed by atoms with Crippen LogP contribution in [0.4, 0.5) is 0 Å². The van der Waals surface area contributed by atoms with Crippen LogP contribution in [0.5, 0.6) is 0 Å². The fourth-order valence-electron chi connectivity index (χ4n) is 27.5. The van der Waals surface area contributed by atoms with E-state index in [1.54, 1.807) is 7.11 Å². The molecule has 0 aliphatic heterocycles. The van der Waals surface area contributed by atoms with E-state index in [0.29, 0.717) is 121 Å². The van der Waals surface area contributed by atoms with E-state index in [1.165, 1.54) is 54.4 Å². The lowest BCUT2D eigenvalue weighted by molar-refractivity contribution is -0.284. The second-order valence-corrected chi connectivity index (χ2v) is 36.6. The van der Waals surface area contributed by atoms with E-state index in [4.69, 9.17) is 49.4 Å². The molecule has 0 radical (unpaired) electrons. The summed E-state index contributed by atoms with van der Waals surface area (Å²) in [5.41, 5.74) is 6.27. The zero-order valence-electron chi connectivity index (χ0n) is 62.4. The average Bonchev–Trinajstić information content (AvgIpc) is 1.45. The van der Waals surface area contributed by atoms with E-state index in [9.17, 15) is 29.4 Å². The Balaban J connectivity index is 0.000000120. The molecule has 542 valence electrons. The number of methoxy groups -OCH3 is 1. The fourth-order valence-corrected chi connectivity index (χ4v) is 27.5. The topological polar surface area (TPSA) is 155 Å². The van der Waals surface area contributed by atoms with Gasteiger partial charge in [-0.15, -0.1) is 25.7 Å². The highest BCUT2D eigenvalue weighted by molar-refractivity contribution is 5.92. The van der Waals surface area contributed by atoms with Gasteiger partial charge in [0, 0.05) is 80.1 Å². The number of allylic oxidation sites excluding steroid dienone is 8. The maximum Gasteiger partial charge on any atom is 0.174 e. The third-order valence-corrected chi connectivity index (χ3v) is 33.3. The molecule has 100 heavy (non-hydrogen) atoms. The van der Waals surface area contributed by atoms with Gasteiger partial charge in [0.1, 0.15) is 32.2 Å². The Kier molecular flexibility index (Phi) is 20.0. The first-order valence-corrected chi connectivity index (χ1v) is 39.5. The summed E-state index contributed by atoms with van der Waals surface area (Å²) < 4.78 is 29.7. The van der Waals surface area contributed by atoms with Crippen molar-refractivity contribution in [2.75, 3.05) is 33.5 Å². The Morgan fingerprint density at radius 3 is 1.26 bits per heavy atom. The minimum Gasteiger partial charge on any atom is -0.485 e. The van der Waals surface area contributed by atoms with Crippen molar-refractivity contribution in [1.29, 1.82) is 0 Å². The molecular weight excluding hydrogens is 1240 g/mol. The second-order valence-electron chi connectivity index (χ2n) is 36.6. The van der Waals surface area contributed by atoms with Crippen LogP contribution in [0.1, 0.15) is 254 Å². The summed E-state index contributed by atoms with van der Waals surface area (Å²) >= 11 is 0. The van der Waals surface area contributed by atoms with E-state index in [0.717, 1.165) is 159 Å². The van der Waals surface area contributed by atoms with Crippen LogP contribution in [0.25, 0.3) is 0 Å². The van der Waals surface area contributed by atoms with Gasteiger partial charge >= 0.3 is 0 Å². The maximum atomic E-state index is 12.0. The van der Waals surface area contributed by atoms with Crippen molar-refractivity contribution >= 4 is 23.1 Å². The van der Waals surface area contributed by atoms with E-state index in [1.807, 2.05) is 18.2 Å². The van der Waals surface area contributed by atoms with E-state index in [-0.39, 0.29) is 56.5 Å². The van der Waals surface area contributed by atoms with Gasteiger partial charge in [-0.25, -0.2) is 0 Å². The van der Waals surface area contributed by atoms with Gasteiger partial charge in [0.15, 0.2) is 34.7 Å². The summed E-state index contributed by atoms with van der Waals surface area (Å²) in [5.74, 6) is 17.7. The van der Waals surface area contributed by atoms with Gasteiger partial charge < -0.3 is 33.9 Å². The molecule has 11 heteroatoms. The molecular formula is C89H120O11. The van der Waals surface area contributed by atoms with E-state index < -0.39 is 17.4 Å². The smallest absolute Gasteiger partial charge is 0.174 e. The van der Waals surface area contributed by atoms with Crippen LogP contribution in [0.3, 0.4) is 0 Å². The zero-order chi connectivity index (χ0) is 71.3. The first kappa shape index (κ1) is 73.5. The molecule has 2 N–H and O–H groups in total. The standard InChI is InChI=1S/C23H32O3.2C22H30O3.C22H28O2/c1-5-14-26-23(25-4)13-10-20-18-7-6-16-15-17(24)8-11-21(16,2)19(18)9-12-22(20,23)3;2*1-4-13-25-22(24)12-9-19-17-6-5-15-14-16(23)7-10-20(15,2)18(17)8-11-21(19,22)3;1-4-13-24-20-8-7-18-17-6-5-15-14-16(23)9-11-21(15,2)19(17)10-12-22(18,20)3/h1,15,18-20H,6-14H2,2-4H3;1,14,17-19,24H,5-13H2,2-3H3;1,5,17-19,24H,6-14H2,2-3H3;1,8,14,17-19H,5-7,9-13H2,2-3H3/t18?,19-,20-,21+,22+,23+;2*17?,18-,19-,20+,21+,22+;17?,18-,19-,21+,22+/m1111/s1. The van der Waals surface area contributed by atoms with Crippen molar-refractivity contribution < 1.29 is 53.1 Å². The molecule has 16 aliphatic rings. The molecule has 11 nitrogen and oxygen atoms in total. The van der Waals surface area contributed by atoms with Crippen LogP contribution in [-0.2, 0) is 42.9 Å². The monoisotopic (exact) mass is 1360 g/mol. The molecule has 0 aromatic heterocycles. The zero-order valence-corrected chi connectivity index (χ0v) is 62.4. The number of Topliss-reactive ketones (excluding diaryl/α,β-unsaturated/α-hetero) is 1. The lowest BCUT2D eigenvalue weighted by atomic mass is 9.47. The second kappa shape index (κ2) is 27.3. The number of hydrogen-bond donors (Lipinski definition) is 2. The number of fused-ring (bicyclic) bond motifs is 20. The molecule has 11 saturated carbocycles. The van der Waals surface area contributed by atoms with E-state index >= 15 is 0 Å². The van der Waals surface area contributed by atoms with Crippen LogP contribution >= 0.6 is 0 Å². The molecule has 16 aliphatic carbocycles. The van der Waals surface area contributed by atoms with Gasteiger partial charge in [0.2, 0.25) is 0 Å². The number of carbonyl (C=O) groups excluding carboxylic acids is 4. The number of ketones is 4. The predicted octanol–water partition coefficient (Wildman–Crippen LogP) is 16.9. The summed E-state index contributed by atoms with van der Waals surface area (Å²) in [7, 11) is 1.78. The normalized spacial score (nSPS) is 47.2. The van der Waals surface area contributed by atoms with Crippen molar-refractivity contribution in [3.05, 3.63) is 58.4 Å². The Morgan fingerprint density at radius 1 is 0.390 bits per heavy atom. The highest BCUT2D eigenvalue weighted by atomic mass is 16.7. The van der Waals surface area contributed by atoms with Crippen molar-refractivity contribution in [1.82, 2.24) is 0 Å². The Bertz CT molecular complexity index is 3570. The molecule has 0 aromatic carbocycles. The summed E-state index contributed by atoms with van der Waals surface area (Å²) in [6.45, 7) is 19.9. The van der Waals surface area contributed by atoms with Crippen molar-refractivity contribution in [3.8, 4) is 49.4 Å². The molecule has 0 amide bonds. The van der Waals surface area contributed by atoms with Gasteiger partial charge in [0.05, 0.1) is 5.76 Å². The van der Waals surface area contributed by atoms with Gasteiger partial charge in [-0.1, -0.05) is 107 Å². The van der Waals surface area contributed by atoms with Crippen LogP contribution < -0.4 is 0 Å². The van der Waals surface area contributed by atoms with Gasteiger partial charge in [0.25, 0.3) is 0 Å². The van der Waals surface area contributed by atoms with Crippen LogP contribution in [-0.4, -0.2) is 84.2 Å². The number of rotatable bonds is 9. The highest BCUT2D eigenvalue weighted by Gasteiger charge is 2.69. The Labute approximate surface area is 600 Å². The number of carbonyl (C=O) groups is 4. The first-order valence-electron chi connectivity index (χ1n) is 39.5. The Morgan fingerprint density at radius 2 is 0.780 bits per heavy atom. The van der Waals surface area contributed by atoms with Crippen molar-refractivity contribution in [2.24, 2.45) is 114 Å². The predicted molar refractivity (Wildman–Crippen MR) is 389 cm³/mol. The summed E-state index contributed by atoms with van der Waals surface area (Å²) in [6.07, 6.45) is 63.3. The molecule has 4 unspecified atom stereocenters. The molecule has 0 bridgehead atoms. The van der Waals surface area contributed by atoms with Crippen LogP contribution in [0, 0.1) is 164 Å². The number of ether oxygens (including phenoxy) is 5. The van der Waals surface area contributed by atoms with Gasteiger partial charge in [-0.3, -0.25) is 19.2 Å². The minimum atomic E-state index is -1.08. The fraction of sp³-hybridized carbons (Fsp3) is 0.753. The average molecular weight is 1370 g/mol. The van der Waals surface area contributed by atoms with Gasteiger partial charge in [-0.05, 0) is 265 Å². The largest absolute Gasteiger partial charge is 0.485 e. The number of hydrogen-bond acceptors (Lipinski definition) is 11. The highest BCUT2D eigenvalue weighted by Crippen LogP contribution is 2.72. The van der Waals surface area contributed by atoms with E-state index in [2.05, 4.69) is 91.2 Å². The number of aliphatic hydroxyl groups is 2. The summed E-state index contributed by atoms with van der Waals surface area (Å²) in [6, 6.07) is 0. The quantitative estimate of drug-likeness (QED) is 0.129. The lowest BCUT2D eigenvalue weighted by Gasteiger charge is -2.59. The SMILES string of the molecule is C#CCOC1=CC[C@@H]2C3CCC4=CC(=O)CC[C@]4(C)[C@@H]3CC[C@]12C.C#CCO[C@@]1(O)CC[C@@H]2C3CC=C4CC(=O)CC[C@]4(C)[C@@H]3CC[C@@]21C.C#CCO[C@@]1(O)CC[C@@H]2C3CCC4=CC(=O)CC[C@]4(C)[C@@H]3CC[C@@]21C.C#CCO[C@@]1(OC)CC[C@@H]2C3CCC4=CC(=O)CC[C@]4(C)[C@@H]3CC[C@@]21C. The minimum absolute atomic E-state index is 0.0296. The molecule has 0 heterocycles. The molecule has 16 rings (SSSR count). The Hall–Kier alpha value is -4.82. The number of terminal acetylenes is 4. The maximum absolute atomic E-state index is 12.0. The molecule has 11 fully saturated rings. The third-order valence-electron chi connectivity index (χ3n) is 33.3.